The molecule has 0 spiro atoms. The van der Waals surface area contributed by atoms with E-state index in [1.165, 1.54) is 19.2 Å². The van der Waals surface area contributed by atoms with E-state index in [0.29, 0.717) is 5.75 Å². The van der Waals surface area contributed by atoms with E-state index in [2.05, 4.69) is 0 Å². The molecule has 1 atom stereocenters. The third kappa shape index (κ3) is 6.33. The molecule has 0 saturated heterocycles. The van der Waals surface area contributed by atoms with Crippen LogP contribution in [0.5, 0.6) is 11.5 Å². The first kappa shape index (κ1) is 17.6. The van der Waals surface area contributed by atoms with E-state index in [4.69, 9.17) is 14.6 Å². The zero-order chi connectivity index (χ0) is 16.8. The number of amides is 1. The van der Waals surface area contributed by atoms with Crippen LogP contribution in [0.3, 0.4) is 0 Å². The van der Waals surface area contributed by atoms with Crippen molar-refractivity contribution < 1.29 is 37.3 Å². The molecule has 0 fully saturated rings. The summed E-state index contributed by atoms with van der Waals surface area (Å²) in [7, 11) is 1.43. The highest BCUT2D eigenvalue weighted by Crippen LogP contribution is 2.22. The number of ether oxygens (including phenoxy) is 2. The number of halogens is 3. The van der Waals surface area contributed by atoms with Crippen LogP contribution in [-0.4, -0.2) is 42.9 Å². The highest BCUT2D eigenvalue weighted by molar-refractivity contribution is 5.84. The lowest BCUT2D eigenvalue weighted by Gasteiger charge is -2.16. The van der Waals surface area contributed by atoms with Crippen molar-refractivity contribution in [1.82, 2.24) is 5.32 Å². The third-order valence-corrected chi connectivity index (χ3v) is 2.48. The Bertz CT molecular complexity index is 533. The Morgan fingerprint density at radius 1 is 1.32 bits per heavy atom. The summed E-state index contributed by atoms with van der Waals surface area (Å²) in [4.78, 5) is 22.2. The Balaban J connectivity index is 2.55. The average Bonchev–Trinajstić information content (AvgIpc) is 2.43. The zero-order valence-electron chi connectivity index (χ0n) is 11.5. The molecule has 0 aliphatic rings. The van der Waals surface area contributed by atoms with Crippen molar-refractivity contribution in [1.29, 1.82) is 0 Å². The van der Waals surface area contributed by atoms with E-state index in [9.17, 15) is 22.8 Å². The molecule has 1 amide bonds. The van der Waals surface area contributed by atoms with Gasteiger partial charge >= 0.3 is 12.1 Å². The fraction of sp³-hybridized carbons (Fsp3) is 0.385. The normalized spacial score (nSPS) is 12.4. The summed E-state index contributed by atoms with van der Waals surface area (Å²) >= 11 is 0. The van der Waals surface area contributed by atoms with Crippen LogP contribution in [0, 0.1) is 0 Å². The highest BCUT2D eigenvalue weighted by Gasteiger charge is 2.36. The van der Waals surface area contributed by atoms with Gasteiger partial charge in [0.15, 0.2) is 6.61 Å². The maximum atomic E-state index is 12.2. The summed E-state index contributed by atoms with van der Waals surface area (Å²) in [6.45, 7) is -0.616. The molecule has 0 aromatic heterocycles. The third-order valence-electron chi connectivity index (χ3n) is 2.48. The first-order valence-corrected chi connectivity index (χ1v) is 6.07. The molecule has 9 heteroatoms. The van der Waals surface area contributed by atoms with Crippen LogP contribution in [0.2, 0.25) is 0 Å². The number of hydrogen-bond acceptors (Lipinski definition) is 4. The Hall–Kier alpha value is -2.45. The number of carboxylic acids is 1. The number of methoxy groups -OCH3 is 1. The minimum atomic E-state index is -4.70. The standard InChI is InChI=1S/C13H14F3NO5/c1-21-8-3-2-4-9(5-8)22-7-11(18)17-10(12(19)20)6-13(14,15)16/h2-5,10H,6-7H2,1H3,(H,17,18)(H,19,20). The predicted molar refractivity (Wildman–Crippen MR) is 68.7 cm³/mol. The van der Waals surface area contributed by atoms with Gasteiger partial charge in [-0.15, -0.1) is 0 Å². The summed E-state index contributed by atoms with van der Waals surface area (Å²) in [6.07, 6.45) is -6.36. The van der Waals surface area contributed by atoms with Gasteiger partial charge in [0, 0.05) is 6.07 Å². The maximum Gasteiger partial charge on any atom is 0.391 e. The number of carbonyl (C=O) groups excluding carboxylic acids is 1. The fourth-order valence-corrected chi connectivity index (χ4v) is 1.51. The summed E-state index contributed by atoms with van der Waals surface area (Å²) in [6, 6.07) is 4.16. The van der Waals surface area contributed by atoms with Crippen LogP contribution in [0.4, 0.5) is 13.2 Å². The van der Waals surface area contributed by atoms with E-state index in [-0.39, 0.29) is 5.75 Å². The molecule has 6 nitrogen and oxygen atoms in total. The van der Waals surface area contributed by atoms with Gasteiger partial charge < -0.3 is 19.9 Å². The van der Waals surface area contributed by atoms with Crippen molar-refractivity contribution in [3.05, 3.63) is 24.3 Å². The van der Waals surface area contributed by atoms with Crippen LogP contribution in [-0.2, 0) is 9.59 Å². The van der Waals surface area contributed by atoms with Crippen molar-refractivity contribution in [3.8, 4) is 11.5 Å². The molecule has 2 N–H and O–H groups in total. The second-order valence-corrected chi connectivity index (χ2v) is 4.25. The molecule has 1 aromatic rings. The smallest absolute Gasteiger partial charge is 0.391 e. The van der Waals surface area contributed by atoms with Crippen LogP contribution in [0.1, 0.15) is 6.42 Å². The van der Waals surface area contributed by atoms with E-state index >= 15 is 0 Å². The summed E-state index contributed by atoms with van der Waals surface area (Å²) < 4.78 is 46.6. The van der Waals surface area contributed by atoms with Gasteiger partial charge in [0.05, 0.1) is 13.5 Å². The Morgan fingerprint density at radius 2 is 1.95 bits per heavy atom. The molecule has 0 saturated carbocycles. The van der Waals surface area contributed by atoms with Gasteiger partial charge in [-0.25, -0.2) is 4.79 Å². The summed E-state index contributed by atoms with van der Waals surface area (Å²) in [5, 5.41) is 10.4. The lowest BCUT2D eigenvalue weighted by atomic mass is 10.2. The fourth-order valence-electron chi connectivity index (χ4n) is 1.51. The first-order chi connectivity index (χ1) is 10.2. The van der Waals surface area contributed by atoms with Gasteiger partial charge in [-0.1, -0.05) is 6.07 Å². The number of rotatable bonds is 7. The molecule has 22 heavy (non-hydrogen) atoms. The second-order valence-electron chi connectivity index (χ2n) is 4.25. The summed E-state index contributed by atoms with van der Waals surface area (Å²) in [5.74, 6) is -2.01. The van der Waals surface area contributed by atoms with Crippen LogP contribution in [0.25, 0.3) is 0 Å². The molecular formula is C13H14F3NO5. The molecule has 0 heterocycles. The zero-order valence-corrected chi connectivity index (χ0v) is 11.5. The van der Waals surface area contributed by atoms with Gasteiger partial charge in [-0.2, -0.15) is 13.2 Å². The van der Waals surface area contributed by atoms with Gasteiger partial charge in [0.1, 0.15) is 17.5 Å². The molecule has 1 rings (SSSR count). The Kier molecular flexibility index (Phi) is 6.02. The number of hydrogen-bond donors (Lipinski definition) is 2. The molecule has 1 aromatic carbocycles. The van der Waals surface area contributed by atoms with Crippen molar-refractivity contribution in [2.24, 2.45) is 0 Å². The first-order valence-electron chi connectivity index (χ1n) is 6.07. The van der Waals surface area contributed by atoms with Crippen molar-refractivity contribution in [2.75, 3.05) is 13.7 Å². The highest BCUT2D eigenvalue weighted by atomic mass is 19.4. The number of benzene rings is 1. The molecule has 122 valence electrons. The van der Waals surface area contributed by atoms with Crippen molar-refractivity contribution in [3.63, 3.8) is 0 Å². The Morgan fingerprint density at radius 3 is 2.50 bits per heavy atom. The predicted octanol–water partition coefficient (Wildman–Crippen LogP) is 1.60. The topological polar surface area (TPSA) is 84.9 Å². The number of carbonyl (C=O) groups is 2. The van der Waals surface area contributed by atoms with Gasteiger partial charge in [0.25, 0.3) is 5.91 Å². The minimum Gasteiger partial charge on any atom is -0.497 e. The SMILES string of the molecule is COc1cccc(OCC(=O)NC(CC(F)(F)F)C(=O)O)c1. The monoisotopic (exact) mass is 321 g/mol. The number of alkyl halides is 3. The molecule has 0 aliphatic carbocycles. The van der Waals surface area contributed by atoms with Crippen LogP contribution in [0.15, 0.2) is 24.3 Å². The number of carboxylic acid groups (broad SMARTS) is 1. The van der Waals surface area contributed by atoms with Crippen molar-refractivity contribution in [2.45, 2.75) is 18.6 Å². The maximum absolute atomic E-state index is 12.2. The lowest BCUT2D eigenvalue weighted by molar-refractivity contribution is -0.160. The summed E-state index contributed by atoms with van der Waals surface area (Å²) in [5.41, 5.74) is 0. The van der Waals surface area contributed by atoms with Gasteiger partial charge in [-0.3, -0.25) is 4.79 Å². The van der Waals surface area contributed by atoms with Gasteiger partial charge in [-0.05, 0) is 12.1 Å². The molecule has 0 aliphatic heterocycles. The number of nitrogens with one attached hydrogen (secondary N) is 1. The van der Waals surface area contributed by atoms with Gasteiger partial charge in [0.2, 0.25) is 0 Å². The van der Waals surface area contributed by atoms with Crippen molar-refractivity contribution >= 4 is 11.9 Å². The lowest BCUT2D eigenvalue weighted by Crippen LogP contribution is -2.45. The van der Waals surface area contributed by atoms with Crippen LogP contribution < -0.4 is 14.8 Å². The Labute approximate surface area is 123 Å². The molecule has 0 bridgehead atoms. The van der Waals surface area contributed by atoms with E-state index in [0.717, 1.165) is 0 Å². The second kappa shape index (κ2) is 7.53. The average molecular weight is 321 g/mol. The van der Waals surface area contributed by atoms with Crippen LogP contribution >= 0.6 is 0 Å². The largest absolute Gasteiger partial charge is 0.497 e. The molecular weight excluding hydrogens is 307 g/mol. The molecule has 0 radical (unpaired) electrons. The van der Waals surface area contributed by atoms with E-state index < -0.39 is 37.1 Å². The molecule has 1 unspecified atom stereocenters. The van der Waals surface area contributed by atoms with E-state index in [1.54, 1.807) is 17.4 Å². The minimum absolute atomic E-state index is 0.261. The number of aliphatic carboxylic acids is 1. The quantitative estimate of drug-likeness (QED) is 0.797. The van der Waals surface area contributed by atoms with E-state index in [1.807, 2.05) is 0 Å².